The lowest BCUT2D eigenvalue weighted by molar-refractivity contribution is -0.662. The number of carbonyl (C=O) groups is 1. The fourth-order valence-corrected chi connectivity index (χ4v) is 5.21. The van der Waals surface area contributed by atoms with E-state index in [-0.39, 0.29) is 5.57 Å². The summed E-state index contributed by atoms with van der Waals surface area (Å²) in [5.74, 6) is -0.985. The molecule has 2 unspecified atom stereocenters. The van der Waals surface area contributed by atoms with Gasteiger partial charge in [0.25, 0.3) is 0 Å². The van der Waals surface area contributed by atoms with Crippen LogP contribution >= 0.6 is 0 Å². The first-order valence-electron chi connectivity index (χ1n) is 11.7. The number of hydrogen-bond donors (Lipinski definition) is 1. The standard InChI is InChI=1S/C22H20N2O2.C5H11N/c1-14-5-8-17(9-6-14)24-20-4-2-3-18(20)19-12-15(7-10-21(19)24)11-16(13-23)22(25)26;1-2-4-6-5-3-1/h5-12,18,20H,2-4H2,1H3,(H,25,26);6H,1-5H2/b16-11-;. The summed E-state index contributed by atoms with van der Waals surface area (Å²) in [6.07, 6.45) is 9.24. The Bertz CT molecular complexity index is 1020. The summed E-state index contributed by atoms with van der Waals surface area (Å²) in [6, 6.07) is 16.7. The zero-order valence-corrected chi connectivity index (χ0v) is 18.7. The van der Waals surface area contributed by atoms with E-state index in [0.717, 1.165) is 18.4 Å². The molecule has 2 fully saturated rings. The van der Waals surface area contributed by atoms with Crippen LogP contribution < -0.4 is 15.3 Å². The summed E-state index contributed by atoms with van der Waals surface area (Å²) in [4.78, 5) is 13.4. The van der Waals surface area contributed by atoms with Gasteiger partial charge in [0.2, 0.25) is 0 Å². The zero-order valence-electron chi connectivity index (χ0n) is 18.7. The number of nitriles is 1. The monoisotopic (exact) mass is 429 g/mol. The van der Waals surface area contributed by atoms with Crippen LogP contribution in [-0.4, -0.2) is 25.1 Å². The van der Waals surface area contributed by atoms with Crippen molar-refractivity contribution in [1.29, 1.82) is 5.26 Å². The van der Waals surface area contributed by atoms with Crippen LogP contribution in [0.15, 0.2) is 48.0 Å². The number of aryl methyl sites for hydroxylation is 1. The topological polar surface area (TPSA) is 83.8 Å². The largest absolute Gasteiger partial charge is 0.544 e. The molecule has 32 heavy (non-hydrogen) atoms. The van der Waals surface area contributed by atoms with Crippen LogP contribution in [0.2, 0.25) is 0 Å². The fourth-order valence-electron chi connectivity index (χ4n) is 5.21. The minimum Gasteiger partial charge on any atom is -0.544 e. The van der Waals surface area contributed by atoms with Crippen molar-refractivity contribution in [1.82, 2.24) is 0 Å². The molecule has 166 valence electrons. The van der Waals surface area contributed by atoms with Gasteiger partial charge in [0.05, 0.1) is 24.6 Å². The number of aliphatic carboxylic acids is 1. The van der Waals surface area contributed by atoms with Crippen LogP contribution in [0.1, 0.15) is 61.1 Å². The van der Waals surface area contributed by atoms with Crippen molar-refractivity contribution in [2.45, 2.75) is 57.4 Å². The van der Waals surface area contributed by atoms with Crippen molar-refractivity contribution in [3.63, 3.8) is 0 Å². The van der Waals surface area contributed by atoms with Crippen molar-refractivity contribution >= 4 is 23.4 Å². The summed E-state index contributed by atoms with van der Waals surface area (Å²) in [6.45, 7) is 4.84. The number of hydrogen-bond acceptors (Lipinski definition) is 4. The Labute approximate surface area is 190 Å². The van der Waals surface area contributed by atoms with Gasteiger partial charge in [-0.15, -0.1) is 0 Å². The third-order valence-corrected chi connectivity index (χ3v) is 6.80. The van der Waals surface area contributed by atoms with Gasteiger partial charge < -0.3 is 20.1 Å². The van der Waals surface area contributed by atoms with Gasteiger partial charge in [-0.25, -0.2) is 0 Å². The number of carboxylic acids is 1. The molecule has 0 bridgehead atoms. The average molecular weight is 430 g/mol. The van der Waals surface area contributed by atoms with E-state index in [1.54, 1.807) is 6.07 Å². The van der Waals surface area contributed by atoms with Gasteiger partial charge in [-0.3, -0.25) is 0 Å². The Morgan fingerprint density at radius 2 is 1.84 bits per heavy atom. The van der Waals surface area contributed by atoms with E-state index < -0.39 is 5.97 Å². The highest BCUT2D eigenvalue weighted by atomic mass is 16.4. The number of benzene rings is 2. The minimum absolute atomic E-state index is 0.346. The quantitative estimate of drug-likeness (QED) is 0.600. The molecule has 2 aromatic carbocycles. The van der Waals surface area contributed by atoms with E-state index in [4.69, 9.17) is 5.26 Å². The number of fused-ring (bicyclic) bond motifs is 3. The van der Waals surface area contributed by atoms with Crippen molar-refractivity contribution in [2.24, 2.45) is 0 Å². The molecule has 2 N–H and O–H groups in total. The molecule has 5 rings (SSSR count). The van der Waals surface area contributed by atoms with Gasteiger partial charge in [0.15, 0.2) is 0 Å². The molecular formula is C27H31N3O2. The predicted octanol–water partition coefficient (Wildman–Crippen LogP) is 3.17. The maximum absolute atomic E-state index is 11.0. The van der Waals surface area contributed by atoms with Crippen molar-refractivity contribution in [3.8, 4) is 6.07 Å². The average Bonchev–Trinajstić information content (AvgIpc) is 3.40. The normalized spacial score (nSPS) is 21.8. The number of carbonyl (C=O) groups excluding carboxylic acids is 1. The van der Waals surface area contributed by atoms with Gasteiger partial charge in [0.1, 0.15) is 6.07 Å². The Morgan fingerprint density at radius 1 is 1.09 bits per heavy atom. The smallest absolute Gasteiger partial charge is 0.101 e. The van der Waals surface area contributed by atoms with Crippen LogP contribution in [0.3, 0.4) is 0 Å². The Kier molecular flexibility index (Phi) is 6.92. The lowest BCUT2D eigenvalue weighted by Gasteiger charge is -2.27. The molecule has 0 aromatic heterocycles. The predicted molar refractivity (Wildman–Crippen MR) is 124 cm³/mol. The molecule has 3 aliphatic rings. The van der Waals surface area contributed by atoms with Gasteiger partial charge in [-0.1, -0.05) is 30.2 Å². The van der Waals surface area contributed by atoms with Crippen molar-refractivity contribution in [2.75, 3.05) is 18.0 Å². The van der Waals surface area contributed by atoms with Crippen LogP contribution in [0.25, 0.3) is 6.08 Å². The third-order valence-electron chi connectivity index (χ3n) is 6.80. The summed E-state index contributed by atoms with van der Waals surface area (Å²) in [5, 5.41) is 22.4. The first-order valence-corrected chi connectivity index (χ1v) is 11.7. The molecule has 1 saturated carbocycles. The second-order valence-corrected chi connectivity index (χ2v) is 9.01. The molecule has 5 heteroatoms. The van der Waals surface area contributed by atoms with Crippen LogP contribution in [0, 0.1) is 18.3 Å². The second-order valence-electron chi connectivity index (χ2n) is 9.01. The number of nitrogens with two attached hydrogens (primary N) is 1. The lowest BCUT2D eigenvalue weighted by Crippen LogP contribution is -2.85. The number of rotatable bonds is 3. The van der Waals surface area contributed by atoms with E-state index in [1.807, 2.05) is 18.2 Å². The second kappa shape index (κ2) is 10.0. The number of piperidine rings is 1. The van der Waals surface area contributed by atoms with Crippen LogP contribution in [0.5, 0.6) is 0 Å². The lowest BCUT2D eigenvalue weighted by atomic mass is 9.95. The number of carboxylic acid groups (broad SMARTS) is 1. The number of quaternary nitrogens is 1. The molecule has 2 heterocycles. The Morgan fingerprint density at radius 3 is 2.44 bits per heavy atom. The van der Waals surface area contributed by atoms with Crippen molar-refractivity contribution in [3.05, 3.63) is 64.7 Å². The van der Waals surface area contributed by atoms with E-state index in [2.05, 4.69) is 41.4 Å². The Hall–Kier alpha value is -3.10. The van der Waals surface area contributed by atoms with E-state index >= 15 is 0 Å². The van der Waals surface area contributed by atoms with Crippen LogP contribution in [-0.2, 0) is 4.79 Å². The highest BCUT2D eigenvalue weighted by Crippen LogP contribution is 2.52. The molecule has 2 aliphatic heterocycles. The number of anilines is 2. The van der Waals surface area contributed by atoms with E-state index in [1.165, 1.54) is 67.4 Å². The van der Waals surface area contributed by atoms with E-state index in [9.17, 15) is 9.90 Å². The fraction of sp³-hybridized carbons (Fsp3) is 0.407. The minimum atomic E-state index is -1.44. The molecule has 1 aliphatic carbocycles. The molecule has 2 aromatic rings. The maximum Gasteiger partial charge on any atom is 0.101 e. The summed E-state index contributed by atoms with van der Waals surface area (Å²) < 4.78 is 0. The molecule has 5 nitrogen and oxygen atoms in total. The van der Waals surface area contributed by atoms with Gasteiger partial charge >= 0.3 is 0 Å². The zero-order chi connectivity index (χ0) is 22.5. The highest BCUT2D eigenvalue weighted by Gasteiger charge is 2.41. The molecule has 0 spiro atoms. The molecule has 0 radical (unpaired) electrons. The molecule has 1 saturated heterocycles. The van der Waals surface area contributed by atoms with E-state index in [0.29, 0.717) is 12.0 Å². The van der Waals surface area contributed by atoms with Gasteiger partial charge in [-0.2, -0.15) is 5.26 Å². The summed E-state index contributed by atoms with van der Waals surface area (Å²) in [5.41, 5.74) is 5.26. The van der Waals surface area contributed by atoms with Crippen molar-refractivity contribution < 1.29 is 15.2 Å². The van der Waals surface area contributed by atoms with Gasteiger partial charge in [-0.05, 0) is 80.5 Å². The maximum atomic E-state index is 11.0. The molecular weight excluding hydrogens is 398 g/mol. The number of nitrogens with zero attached hydrogens (tertiary/aromatic N) is 2. The summed E-state index contributed by atoms with van der Waals surface area (Å²) in [7, 11) is 0. The first kappa shape index (κ1) is 22.1. The summed E-state index contributed by atoms with van der Waals surface area (Å²) >= 11 is 0. The van der Waals surface area contributed by atoms with Gasteiger partial charge in [0, 0.05) is 23.3 Å². The highest BCUT2D eigenvalue weighted by molar-refractivity contribution is 5.95. The molecule has 0 amide bonds. The van der Waals surface area contributed by atoms with Crippen LogP contribution in [0.4, 0.5) is 11.4 Å². The molecule has 2 atom stereocenters. The Balaban J connectivity index is 0.000000354. The third kappa shape index (κ3) is 4.71. The SMILES string of the molecule is C1CC[NH2+]CC1.Cc1ccc(N2c3ccc(/C=C(/C#N)C(=O)[O-])cc3C3CCCC32)cc1. The first-order chi connectivity index (χ1) is 15.6.